The van der Waals surface area contributed by atoms with Crippen molar-refractivity contribution < 1.29 is 17.9 Å². The third kappa shape index (κ3) is 6.12. The predicted molar refractivity (Wildman–Crippen MR) is 92.1 cm³/mol. The summed E-state index contributed by atoms with van der Waals surface area (Å²) in [6, 6.07) is 7.52. The molecule has 1 aliphatic rings. The van der Waals surface area contributed by atoms with Gasteiger partial charge in [-0.15, -0.1) is 0 Å². The van der Waals surface area contributed by atoms with Crippen molar-refractivity contribution in [1.82, 2.24) is 9.62 Å². The summed E-state index contributed by atoms with van der Waals surface area (Å²) in [5, 5.41) is 11.4. The molecule has 0 saturated heterocycles. The van der Waals surface area contributed by atoms with E-state index in [1.807, 2.05) is 6.07 Å². The molecule has 0 unspecified atom stereocenters. The van der Waals surface area contributed by atoms with Crippen LogP contribution in [-0.4, -0.2) is 52.0 Å². The SMILES string of the molecule is CN(CC(=O)NCCCOCC1CC1)S(=O)(=O)c1ccc(C#N)cc1. The lowest BCUT2D eigenvalue weighted by atomic mass is 10.2. The molecule has 0 radical (unpaired) electrons. The van der Waals surface area contributed by atoms with Crippen LogP contribution in [-0.2, 0) is 19.6 Å². The summed E-state index contributed by atoms with van der Waals surface area (Å²) < 4.78 is 31.3. The number of carbonyl (C=O) groups is 1. The van der Waals surface area contributed by atoms with E-state index in [2.05, 4.69) is 5.32 Å². The second kappa shape index (κ2) is 8.94. The van der Waals surface area contributed by atoms with Gasteiger partial charge in [0.15, 0.2) is 0 Å². The molecule has 1 amide bonds. The third-order valence-corrected chi connectivity index (χ3v) is 5.71. The maximum absolute atomic E-state index is 12.4. The van der Waals surface area contributed by atoms with Crippen molar-refractivity contribution >= 4 is 15.9 Å². The van der Waals surface area contributed by atoms with Crippen LogP contribution in [0.15, 0.2) is 29.2 Å². The van der Waals surface area contributed by atoms with Gasteiger partial charge in [0.05, 0.1) is 23.1 Å². The minimum absolute atomic E-state index is 0.0512. The monoisotopic (exact) mass is 365 g/mol. The number of nitriles is 1. The standard InChI is InChI=1S/C17H23N3O4S/c1-20(25(22,23)16-7-5-14(11-18)6-8-16)12-17(21)19-9-2-10-24-13-15-3-4-15/h5-8,15H,2-4,9-10,12-13H2,1H3,(H,19,21). The van der Waals surface area contributed by atoms with Crippen LogP contribution in [0.4, 0.5) is 0 Å². The van der Waals surface area contributed by atoms with Crippen LogP contribution in [0.2, 0.25) is 0 Å². The summed E-state index contributed by atoms with van der Waals surface area (Å²) in [5.41, 5.74) is 0.378. The molecule has 1 aromatic carbocycles. The zero-order chi connectivity index (χ0) is 18.3. The van der Waals surface area contributed by atoms with E-state index in [0.29, 0.717) is 25.1 Å². The Bertz CT molecular complexity index is 721. The highest BCUT2D eigenvalue weighted by Gasteiger charge is 2.23. The van der Waals surface area contributed by atoms with E-state index in [4.69, 9.17) is 10.00 Å². The number of ether oxygens (including phenoxy) is 1. The Labute approximate surface area is 148 Å². The van der Waals surface area contributed by atoms with Gasteiger partial charge in [-0.05, 0) is 49.4 Å². The first kappa shape index (κ1) is 19.4. The Balaban J connectivity index is 1.73. The van der Waals surface area contributed by atoms with Crippen LogP contribution in [0.25, 0.3) is 0 Å². The molecule has 0 bridgehead atoms. The van der Waals surface area contributed by atoms with E-state index in [9.17, 15) is 13.2 Å². The summed E-state index contributed by atoms with van der Waals surface area (Å²) in [7, 11) is -2.41. The van der Waals surface area contributed by atoms with Gasteiger partial charge >= 0.3 is 0 Å². The highest BCUT2D eigenvalue weighted by atomic mass is 32.2. The fraction of sp³-hybridized carbons (Fsp3) is 0.529. The zero-order valence-electron chi connectivity index (χ0n) is 14.3. The van der Waals surface area contributed by atoms with Crippen LogP contribution >= 0.6 is 0 Å². The molecule has 1 N–H and O–H groups in total. The minimum Gasteiger partial charge on any atom is -0.381 e. The van der Waals surface area contributed by atoms with Crippen molar-refractivity contribution in [1.29, 1.82) is 5.26 Å². The average Bonchev–Trinajstić information content (AvgIpc) is 3.42. The smallest absolute Gasteiger partial charge is 0.243 e. The molecule has 1 aromatic rings. The number of amides is 1. The summed E-state index contributed by atoms with van der Waals surface area (Å²) in [6.07, 6.45) is 3.19. The normalized spacial score (nSPS) is 14.3. The van der Waals surface area contributed by atoms with E-state index in [0.717, 1.165) is 16.8 Å². The van der Waals surface area contributed by atoms with Crippen molar-refractivity contribution in [3.63, 3.8) is 0 Å². The van der Waals surface area contributed by atoms with Gasteiger partial charge in [0, 0.05) is 26.8 Å². The lowest BCUT2D eigenvalue weighted by Gasteiger charge is -2.17. The van der Waals surface area contributed by atoms with Crippen molar-refractivity contribution in [3.8, 4) is 6.07 Å². The molecule has 136 valence electrons. The number of nitrogens with zero attached hydrogens (tertiary/aromatic N) is 2. The number of benzene rings is 1. The molecule has 1 aliphatic carbocycles. The number of carbonyl (C=O) groups excluding carboxylic acids is 1. The second-order valence-electron chi connectivity index (χ2n) is 6.12. The second-order valence-corrected chi connectivity index (χ2v) is 8.16. The zero-order valence-corrected chi connectivity index (χ0v) is 15.1. The van der Waals surface area contributed by atoms with Crippen LogP contribution in [0.5, 0.6) is 0 Å². The first-order valence-corrected chi connectivity index (χ1v) is 9.68. The van der Waals surface area contributed by atoms with Gasteiger partial charge in [0.2, 0.25) is 15.9 Å². The Morgan fingerprint density at radius 2 is 2.04 bits per heavy atom. The van der Waals surface area contributed by atoms with E-state index in [-0.39, 0.29) is 17.3 Å². The molecule has 0 atom stereocenters. The van der Waals surface area contributed by atoms with Gasteiger partial charge in [-0.1, -0.05) is 0 Å². The molecule has 1 fully saturated rings. The van der Waals surface area contributed by atoms with E-state index < -0.39 is 10.0 Å². The first-order valence-electron chi connectivity index (χ1n) is 8.24. The number of hydrogen-bond donors (Lipinski definition) is 1. The highest BCUT2D eigenvalue weighted by molar-refractivity contribution is 7.89. The number of hydrogen-bond acceptors (Lipinski definition) is 5. The molecule has 0 aromatic heterocycles. The Kier molecular flexibility index (Phi) is 6.93. The summed E-state index contributed by atoms with van der Waals surface area (Å²) in [5.74, 6) is 0.359. The van der Waals surface area contributed by atoms with Gasteiger partial charge in [-0.2, -0.15) is 9.57 Å². The highest BCUT2D eigenvalue weighted by Crippen LogP contribution is 2.28. The van der Waals surface area contributed by atoms with Gasteiger partial charge in [0.25, 0.3) is 0 Å². The molecule has 0 heterocycles. The summed E-state index contributed by atoms with van der Waals surface area (Å²) in [4.78, 5) is 11.9. The van der Waals surface area contributed by atoms with Gasteiger partial charge in [-0.25, -0.2) is 8.42 Å². The Morgan fingerprint density at radius 1 is 1.36 bits per heavy atom. The predicted octanol–water partition coefficient (Wildman–Crippen LogP) is 1.11. The van der Waals surface area contributed by atoms with Crippen LogP contribution < -0.4 is 5.32 Å². The average molecular weight is 365 g/mol. The molecule has 0 aliphatic heterocycles. The molecular formula is C17H23N3O4S. The Morgan fingerprint density at radius 3 is 2.64 bits per heavy atom. The van der Waals surface area contributed by atoms with Crippen LogP contribution in [0, 0.1) is 17.2 Å². The number of nitrogens with one attached hydrogen (secondary N) is 1. The van der Waals surface area contributed by atoms with E-state index >= 15 is 0 Å². The molecular weight excluding hydrogens is 342 g/mol. The minimum atomic E-state index is -3.76. The van der Waals surface area contributed by atoms with Crippen LogP contribution in [0.1, 0.15) is 24.8 Å². The maximum atomic E-state index is 12.4. The summed E-state index contributed by atoms with van der Waals surface area (Å²) in [6.45, 7) is 1.58. The largest absolute Gasteiger partial charge is 0.381 e. The lowest BCUT2D eigenvalue weighted by Crippen LogP contribution is -2.38. The van der Waals surface area contributed by atoms with E-state index in [1.165, 1.54) is 44.2 Å². The number of rotatable bonds is 10. The first-order chi connectivity index (χ1) is 11.9. The van der Waals surface area contributed by atoms with Crippen molar-refractivity contribution in [2.75, 3.05) is 33.4 Å². The fourth-order valence-electron chi connectivity index (χ4n) is 2.16. The molecule has 7 nitrogen and oxygen atoms in total. The van der Waals surface area contributed by atoms with Crippen LogP contribution in [0.3, 0.4) is 0 Å². The van der Waals surface area contributed by atoms with Crippen molar-refractivity contribution in [2.24, 2.45) is 5.92 Å². The van der Waals surface area contributed by atoms with Crippen molar-refractivity contribution in [2.45, 2.75) is 24.2 Å². The quantitative estimate of drug-likeness (QED) is 0.626. The van der Waals surface area contributed by atoms with Gasteiger partial charge < -0.3 is 10.1 Å². The van der Waals surface area contributed by atoms with Gasteiger partial charge in [-0.3, -0.25) is 4.79 Å². The number of likely N-dealkylation sites (N-methyl/N-ethyl adjacent to an activating group) is 1. The topological polar surface area (TPSA) is 99.5 Å². The molecule has 1 saturated carbocycles. The van der Waals surface area contributed by atoms with Gasteiger partial charge in [0.1, 0.15) is 0 Å². The molecule has 25 heavy (non-hydrogen) atoms. The van der Waals surface area contributed by atoms with E-state index in [1.54, 1.807) is 0 Å². The Hall–Kier alpha value is -1.95. The maximum Gasteiger partial charge on any atom is 0.243 e. The third-order valence-electron chi connectivity index (χ3n) is 3.90. The molecule has 8 heteroatoms. The number of sulfonamides is 1. The summed E-state index contributed by atoms with van der Waals surface area (Å²) >= 11 is 0. The fourth-order valence-corrected chi connectivity index (χ4v) is 3.29. The molecule has 0 spiro atoms. The lowest BCUT2D eigenvalue weighted by molar-refractivity contribution is -0.121. The van der Waals surface area contributed by atoms with Crippen molar-refractivity contribution in [3.05, 3.63) is 29.8 Å². The molecule has 2 rings (SSSR count).